The van der Waals surface area contributed by atoms with Gasteiger partial charge in [0.05, 0.1) is 19.9 Å². The molecule has 2 aromatic carbocycles. The summed E-state index contributed by atoms with van der Waals surface area (Å²) in [5, 5.41) is 1.33. The second-order valence-electron chi connectivity index (χ2n) is 12.7. The van der Waals surface area contributed by atoms with Gasteiger partial charge in [0.15, 0.2) is 11.5 Å². The lowest BCUT2D eigenvalue weighted by Crippen LogP contribution is -2.56. The molecule has 222 valence electrons. The Morgan fingerprint density at radius 1 is 0.732 bits per heavy atom. The number of fused-ring (bicyclic) bond motifs is 1. The van der Waals surface area contributed by atoms with Crippen LogP contribution < -0.4 is 14.4 Å². The highest BCUT2D eigenvalue weighted by Gasteiger charge is 2.31. The van der Waals surface area contributed by atoms with E-state index in [1.54, 1.807) is 14.2 Å². The molecule has 0 unspecified atom stereocenters. The van der Waals surface area contributed by atoms with Gasteiger partial charge >= 0.3 is 0 Å². The number of piperidine rings is 2. The molecular formula is C34H49N5O2. The maximum absolute atomic E-state index is 5.61. The van der Waals surface area contributed by atoms with Crippen molar-refractivity contribution in [3.8, 4) is 22.8 Å². The van der Waals surface area contributed by atoms with E-state index in [-0.39, 0.29) is 0 Å². The first kappa shape index (κ1) is 28.4. The van der Waals surface area contributed by atoms with Gasteiger partial charge in [-0.1, -0.05) is 13.8 Å². The molecule has 3 aliphatic rings. The Morgan fingerprint density at radius 2 is 1.34 bits per heavy atom. The molecule has 1 aromatic heterocycles. The number of anilines is 1. The Labute approximate surface area is 246 Å². The first-order chi connectivity index (χ1) is 19.9. The fourth-order valence-corrected chi connectivity index (χ4v) is 7.53. The van der Waals surface area contributed by atoms with Gasteiger partial charge in [0.2, 0.25) is 0 Å². The van der Waals surface area contributed by atoms with Gasteiger partial charge in [0, 0.05) is 73.5 Å². The van der Waals surface area contributed by atoms with Gasteiger partial charge in [-0.2, -0.15) is 0 Å². The predicted molar refractivity (Wildman–Crippen MR) is 170 cm³/mol. The maximum atomic E-state index is 5.61. The molecule has 0 bridgehead atoms. The molecule has 3 aromatic rings. The van der Waals surface area contributed by atoms with Gasteiger partial charge < -0.3 is 24.3 Å². The Kier molecular flexibility index (Phi) is 8.47. The molecule has 3 aliphatic heterocycles. The van der Waals surface area contributed by atoms with Gasteiger partial charge in [0.25, 0.3) is 0 Å². The van der Waals surface area contributed by atoms with Crippen molar-refractivity contribution in [1.29, 1.82) is 0 Å². The number of piperazine rings is 1. The number of likely N-dealkylation sites (tertiary alicyclic amines) is 1. The molecule has 0 radical (unpaired) electrons. The minimum atomic E-state index is 0.390. The lowest BCUT2D eigenvalue weighted by Gasteiger charge is -2.46. The van der Waals surface area contributed by atoms with Crippen LogP contribution in [-0.2, 0) is 0 Å². The summed E-state index contributed by atoms with van der Waals surface area (Å²) in [5.74, 6) is 1.90. The minimum absolute atomic E-state index is 0.390. The van der Waals surface area contributed by atoms with Crippen molar-refractivity contribution in [2.75, 3.05) is 78.5 Å². The second-order valence-corrected chi connectivity index (χ2v) is 12.7. The van der Waals surface area contributed by atoms with Crippen molar-refractivity contribution in [3.63, 3.8) is 0 Å². The number of aromatic nitrogens is 1. The van der Waals surface area contributed by atoms with Crippen LogP contribution in [0.2, 0.25) is 0 Å². The van der Waals surface area contributed by atoms with Crippen LogP contribution in [0.4, 0.5) is 5.69 Å². The molecule has 41 heavy (non-hydrogen) atoms. The largest absolute Gasteiger partial charge is 0.493 e. The monoisotopic (exact) mass is 559 g/mol. The third-order valence-corrected chi connectivity index (χ3v) is 9.97. The molecule has 7 nitrogen and oxygen atoms in total. The molecule has 6 rings (SSSR count). The number of methoxy groups -OCH3 is 2. The van der Waals surface area contributed by atoms with Gasteiger partial charge in [0.1, 0.15) is 0 Å². The number of hydrogen-bond acceptors (Lipinski definition) is 6. The summed E-state index contributed by atoms with van der Waals surface area (Å²) in [7, 11) is 5.64. The minimum Gasteiger partial charge on any atom is -0.493 e. The van der Waals surface area contributed by atoms with Crippen molar-refractivity contribution < 1.29 is 9.47 Å². The SMILES string of the molecule is COc1ccc(-c2[nH]c3ccc(N4CCC(N5CCN(C6CCN(C)CC6)CC5)CC4)cc3c2C(C)C)cc1OC. The van der Waals surface area contributed by atoms with E-state index in [0.29, 0.717) is 5.92 Å². The zero-order valence-electron chi connectivity index (χ0n) is 25.8. The van der Waals surface area contributed by atoms with Crippen LogP contribution in [0, 0.1) is 0 Å². The van der Waals surface area contributed by atoms with E-state index in [4.69, 9.17) is 9.47 Å². The third-order valence-electron chi connectivity index (χ3n) is 9.97. The van der Waals surface area contributed by atoms with Gasteiger partial charge in [-0.05, 0) is 93.7 Å². The fourth-order valence-electron chi connectivity index (χ4n) is 7.53. The molecule has 4 heterocycles. The van der Waals surface area contributed by atoms with Crippen molar-refractivity contribution in [1.82, 2.24) is 19.7 Å². The van der Waals surface area contributed by atoms with Crippen LogP contribution in [0.1, 0.15) is 51.0 Å². The molecular weight excluding hydrogens is 510 g/mol. The first-order valence-electron chi connectivity index (χ1n) is 15.7. The zero-order chi connectivity index (χ0) is 28.5. The van der Waals surface area contributed by atoms with E-state index in [1.807, 2.05) is 6.07 Å². The molecule has 7 heteroatoms. The number of aromatic amines is 1. The van der Waals surface area contributed by atoms with Crippen molar-refractivity contribution in [2.45, 2.75) is 57.5 Å². The average molecular weight is 560 g/mol. The van der Waals surface area contributed by atoms with Crippen LogP contribution in [0.15, 0.2) is 36.4 Å². The number of H-pyrrole nitrogens is 1. The summed E-state index contributed by atoms with van der Waals surface area (Å²) in [6.45, 7) is 14.3. The Hall–Kier alpha value is -2.74. The molecule has 1 N–H and O–H groups in total. The van der Waals surface area contributed by atoms with E-state index >= 15 is 0 Å². The average Bonchev–Trinajstić information content (AvgIpc) is 3.40. The van der Waals surface area contributed by atoms with E-state index in [0.717, 1.165) is 42.2 Å². The number of ether oxygens (including phenoxy) is 2. The second kappa shape index (κ2) is 12.2. The Bertz CT molecular complexity index is 1310. The summed E-state index contributed by atoms with van der Waals surface area (Å²) >= 11 is 0. The lowest BCUT2D eigenvalue weighted by atomic mass is 9.95. The standard InChI is InChI=1S/C34H49N5O2/c1-24(2)33-29-23-28(7-8-30(29)35-34(33)25-6-9-31(40-4)32(22-25)41-5)37-16-12-27(13-17-37)39-20-18-38(19-21-39)26-10-14-36(3)15-11-26/h6-9,22-24,26-27,35H,10-21H2,1-5H3. The molecule has 0 saturated carbocycles. The van der Waals surface area contributed by atoms with Gasteiger partial charge in [-0.3, -0.25) is 9.80 Å². The van der Waals surface area contributed by atoms with Crippen LogP contribution in [-0.4, -0.2) is 105 Å². The van der Waals surface area contributed by atoms with Gasteiger partial charge in [-0.25, -0.2) is 0 Å². The molecule has 0 atom stereocenters. The van der Waals surface area contributed by atoms with E-state index < -0.39 is 0 Å². The van der Waals surface area contributed by atoms with Crippen LogP contribution >= 0.6 is 0 Å². The summed E-state index contributed by atoms with van der Waals surface area (Å²) in [4.78, 5) is 14.4. The molecule has 0 amide bonds. The molecule has 0 aliphatic carbocycles. The van der Waals surface area contributed by atoms with Crippen LogP contribution in [0.5, 0.6) is 11.5 Å². The smallest absolute Gasteiger partial charge is 0.161 e. The normalized spacial score (nSPS) is 20.8. The zero-order valence-corrected chi connectivity index (χ0v) is 25.8. The van der Waals surface area contributed by atoms with Crippen LogP contribution in [0.3, 0.4) is 0 Å². The molecule has 3 fully saturated rings. The van der Waals surface area contributed by atoms with Crippen molar-refractivity contribution in [3.05, 3.63) is 42.0 Å². The highest BCUT2D eigenvalue weighted by molar-refractivity contribution is 5.93. The lowest BCUT2D eigenvalue weighted by molar-refractivity contribution is 0.0410. The van der Waals surface area contributed by atoms with Crippen molar-refractivity contribution in [2.24, 2.45) is 0 Å². The quantitative estimate of drug-likeness (QED) is 0.403. The Balaban J connectivity index is 1.13. The van der Waals surface area contributed by atoms with E-state index in [1.165, 1.54) is 92.8 Å². The molecule has 3 saturated heterocycles. The first-order valence-corrected chi connectivity index (χ1v) is 15.7. The highest BCUT2D eigenvalue weighted by Crippen LogP contribution is 2.40. The highest BCUT2D eigenvalue weighted by atomic mass is 16.5. The topological polar surface area (TPSA) is 47.2 Å². The van der Waals surface area contributed by atoms with Crippen molar-refractivity contribution >= 4 is 16.6 Å². The van der Waals surface area contributed by atoms with E-state index in [2.05, 4.69) is 75.8 Å². The molecule has 0 spiro atoms. The van der Waals surface area contributed by atoms with E-state index in [9.17, 15) is 0 Å². The maximum Gasteiger partial charge on any atom is 0.161 e. The number of benzene rings is 2. The number of hydrogen-bond donors (Lipinski definition) is 1. The summed E-state index contributed by atoms with van der Waals surface area (Å²) in [6, 6.07) is 14.7. The summed E-state index contributed by atoms with van der Waals surface area (Å²) in [6.07, 6.45) is 5.20. The third kappa shape index (κ3) is 5.81. The Morgan fingerprint density at radius 3 is 1.93 bits per heavy atom. The fraction of sp³-hybridized carbons (Fsp3) is 0.588. The number of nitrogens with zero attached hydrogens (tertiary/aromatic N) is 4. The number of rotatable bonds is 7. The number of nitrogens with one attached hydrogen (secondary N) is 1. The van der Waals surface area contributed by atoms with Crippen LogP contribution in [0.25, 0.3) is 22.2 Å². The summed E-state index contributed by atoms with van der Waals surface area (Å²) < 4.78 is 11.1. The van der Waals surface area contributed by atoms with Gasteiger partial charge in [-0.15, -0.1) is 0 Å². The predicted octanol–water partition coefficient (Wildman–Crippen LogP) is 5.66. The summed E-state index contributed by atoms with van der Waals surface area (Å²) in [5.41, 5.74) is 6.21.